The van der Waals surface area contributed by atoms with Gasteiger partial charge in [-0.25, -0.2) is 0 Å². The molecule has 0 fully saturated rings. The maximum atomic E-state index is 4.76. The highest BCUT2D eigenvalue weighted by molar-refractivity contribution is 7.26. The lowest BCUT2D eigenvalue weighted by Gasteiger charge is -2.16. The number of pyridine rings is 1. The largest absolute Gasteiger partial charge is 0.256 e. The second-order valence-electron chi connectivity index (χ2n) is 9.38. The standard InChI is InChI=1S/C30H29NS/c1-18(2)21(5)22-11-12-31-28(16-22)27-8-6-7-26-25-10-9-23(17-29(25)32-30(26)27)24-14-19(3)13-20(4)15-24/h6-18,21H,1-5H3. The van der Waals surface area contributed by atoms with Gasteiger partial charge in [-0.3, -0.25) is 4.98 Å². The summed E-state index contributed by atoms with van der Waals surface area (Å²) in [6, 6.07) is 24.8. The van der Waals surface area contributed by atoms with E-state index in [9.17, 15) is 0 Å². The highest BCUT2D eigenvalue weighted by Gasteiger charge is 2.15. The maximum Gasteiger partial charge on any atom is 0.0719 e. The monoisotopic (exact) mass is 435 g/mol. The molecule has 2 aromatic heterocycles. The number of aromatic nitrogens is 1. The average Bonchev–Trinajstić information content (AvgIpc) is 3.16. The number of benzene rings is 3. The topological polar surface area (TPSA) is 12.9 Å². The summed E-state index contributed by atoms with van der Waals surface area (Å²) < 4.78 is 2.65. The van der Waals surface area contributed by atoms with Crippen LogP contribution in [0.3, 0.4) is 0 Å². The molecule has 0 aliphatic carbocycles. The molecule has 5 aromatic rings. The lowest BCUT2D eigenvalue weighted by atomic mass is 9.90. The number of hydrogen-bond acceptors (Lipinski definition) is 2. The van der Waals surface area contributed by atoms with E-state index in [1.165, 1.54) is 53.6 Å². The molecule has 0 aliphatic rings. The van der Waals surface area contributed by atoms with E-state index in [4.69, 9.17) is 4.98 Å². The molecule has 0 N–H and O–H groups in total. The quantitative estimate of drug-likeness (QED) is 0.274. The van der Waals surface area contributed by atoms with E-state index in [0.717, 1.165) is 5.69 Å². The lowest BCUT2D eigenvalue weighted by molar-refractivity contribution is 0.535. The van der Waals surface area contributed by atoms with Crippen molar-refractivity contribution in [1.82, 2.24) is 4.98 Å². The first-order valence-electron chi connectivity index (χ1n) is 11.4. The molecular formula is C30H29NS. The van der Waals surface area contributed by atoms with Gasteiger partial charge in [-0.15, -0.1) is 11.3 Å². The Morgan fingerprint density at radius 1 is 0.750 bits per heavy atom. The summed E-state index contributed by atoms with van der Waals surface area (Å²) in [6.07, 6.45) is 1.97. The van der Waals surface area contributed by atoms with Gasteiger partial charge in [-0.1, -0.05) is 80.4 Å². The van der Waals surface area contributed by atoms with Crippen molar-refractivity contribution >= 4 is 31.5 Å². The predicted molar refractivity (Wildman–Crippen MR) is 141 cm³/mol. The molecule has 1 atom stereocenters. The first-order chi connectivity index (χ1) is 15.4. The Labute approximate surface area is 194 Å². The summed E-state index contributed by atoms with van der Waals surface area (Å²) in [5.41, 5.74) is 8.85. The van der Waals surface area contributed by atoms with Crippen LogP contribution in [0.15, 0.2) is 72.9 Å². The van der Waals surface area contributed by atoms with E-state index in [2.05, 4.69) is 101 Å². The number of nitrogens with zero attached hydrogens (tertiary/aromatic N) is 1. The fourth-order valence-electron chi connectivity index (χ4n) is 4.58. The minimum absolute atomic E-state index is 0.513. The lowest BCUT2D eigenvalue weighted by Crippen LogP contribution is -2.02. The van der Waals surface area contributed by atoms with Crippen molar-refractivity contribution in [3.05, 3.63) is 89.6 Å². The molecule has 0 radical (unpaired) electrons. The Balaban J connectivity index is 1.66. The van der Waals surface area contributed by atoms with E-state index in [1.54, 1.807) is 0 Å². The van der Waals surface area contributed by atoms with Gasteiger partial charge in [0.25, 0.3) is 0 Å². The van der Waals surface area contributed by atoms with E-state index in [1.807, 2.05) is 17.5 Å². The zero-order valence-electron chi connectivity index (χ0n) is 19.4. The molecule has 160 valence electrons. The predicted octanol–water partition coefficient (Wildman–Crippen LogP) is 9.16. The van der Waals surface area contributed by atoms with Gasteiger partial charge in [0.2, 0.25) is 0 Å². The smallest absolute Gasteiger partial charge is 0.0719 e. The number of fused-ring (bicyclic) bond motifs is 3. The minimum atomic E-state index is 0.513. The molecule has 0 amide bonds. The number of thiophene rings is 1. The third-order valence-electron chi connectivity index (χ3n) is 6.64. The van der Waals surface area contributed by atoms with Gasteiger partial charge >= 0.3 is 0 Å². The van der Waals surface area contributed by atoms with Gasteiger partial charge in [0, 0.05) is 31.9 Å². The first-order valence-corrected chi connectivity index (χ1v) is 12.2. The SMILES string of the molecule is Cc1cc(C)cc(-c2ccc3c(c2)sc2c(-c4cc(C(C)C(C)C)ccn4)cccc23)c1. The fraction of sp³-hybridized carbons (Fsp3) is 0.233. The van der Waals surface area contributed by atoms with Crippen molar-refractivity contribution in [3.8, 4) is 22.4 Å². The van der Waals surface area contributed by atoms with Gasteiger partial charge in [0.05, 0.1) is 5.69 Å². The van der Waals surface area contributed by atoms with Crippen LogP contribution in [0.2, 0.25) is 0 Å². The third-order valence-corrected chi connectivity index (χ3v) is 7.84. The van der Waals surface area contributed by atoms with Crippen LogP contribution < -0.4 is 0 Å². The van der Waals surface area contributed by atoms with Crippen LogP contribution in [0, 0.1) is 19.8 Å². The van der Waals surface area contributed by atoms with Crippen LogP contribution >= 0.6 is 11.3 Å². The zero-order valence-corrected chi connectivity index (χ0v) is 20.3. The van der Waals surface area contributed by atoms with Gasteiger partial charge in [0.1, 0.15) is 0 Å². The highest BCUT2D eigenvalue weighted by atomic mass is 32.1. The van der Waals surface area contributed by atoms with Gasteiger partial charge < -0.3 is 0 Å². The Morgan fingerprint density at radius 2 is 1.53 bits per heavy atom. The van der Waals surface area contributed by atoms with Crippen LogP contribution in [0.25, 0.3) is 42.6 Å². The van der Waals surface area contributed by atoms with Crippen molar-refractivity contribution in [2.24, 2.45) is 5.92 Å². The summed E-state index contributed by atoms with van der Waals surface area (Å²) in [6.45, 7) is 11.2. The van der Waals surface area contributed by atoms with Crippen LogP contribution in [-0.2, 0) is 0 Å². The Kier molecular flexibility index (Phi) is 5.35. The molecule has 2 heteroatoms. The van der Waals surface area contributed by atoms with Crippen molar-refractivity contribution in [2.45, 2.75) is 40.5 Å². The van der Waals surface area contributed by atoms with Crippen LogP contribution in [0.4, 0.5) is 0 Å². The third kappa shape index (κ3) is 3.73. The zero-order chi connectivity index (χ0) is 22.4. The first kappa shape index (κ1) is 20.9. The summed E-state index contributed by atoms with van der Waals surface area (Å²) in [7, 11) is 0. The molecule has 32 heavy (non-hydrogen) atoms. The highest BCUT2D eigenvalue weighted by Crippen LogP contribution is 2.41. The molecular weight excluding hydrogens is 406 g/mol. The number of hydrogen-bond donors (Lipinski definition) is 0. The van der Waals surface area contributed by atoms with Crippen molar-refractivity contribution < 1.29 is 0 Å². The molecule has 1 nitrogen and oxygen atoms in total. The Morgan fingerprint density at radius 3 is 2.28 bits per heavy atom. The number of rotatable bonds is 4. The van der Waals surface area contributed by atoms with Crippen LogP contribution in [0.1, 0.15) is 43.4 Å². The van der Waals surface area contributed by atoms with Crippen molar-refractivity contribution in [1.29, 1.82) is 0 Å². The molecule has 1 unspecified atom stereocenters. The van der Waals surface area contributed by atoms with E-state index >= 15 is 0 Å². The molecule has 0 spiro atoms. The van der Waals surface area contributed by atoms with Gasteiger partial charge in [-0.05, 0) is 60.6 Å². The molecule has 0 bridgehead atoms. The molecule has 2 heterocycles. The van der Waals surface area contributed by atoms with E-state index < -0.39 is 0 Å². The second-order valence-corrected chi connectivity index (χ2v) is 10.4. The Bertz CT molecular complexity index is 1420. The number of aryl methyl sites for hydroxylation is 2. The normalized spacial score (nSPS) is 12.7. The summed E-state index contributed by atoms with van der Waals surface area (Å²) >= 11 is 1.88. The van der Waals surface area contributed by atoms with E-state index in [-0.39, 0.29) is 0 Å². The summed E-state index contributed by atoms with van der Waals surface area (Å²) in [5, 5.41) is 2.64. The maximum absolute atomic E-state index is 4.76. The van der Waals surface area contributed by atoms with E-state index in [0.29, 0.717) is 11.8 Å². The summed E-state index contributed by atoms with van der Waals surface area (Å²) in [4.78, 5) is 4.76. The van der Waals surface area contributed by atoms with Crippen LogP contribution in [-0.4, -0.2) is 4.98 Å². The minimum Gasteiger partial charge on any atom is -0.256 e. The van der Waals surface area contributed by atoms with Crippen LogP contribution in [0.5, 0.6) is 0 Å². The van der Waals surface area contributed by atoms with Gasteiger partial charge in [-0.2, -0.15) is 0 Å². The molecule has 3 aromatic carbocycles. The molecule has 5 rings (SSSR count). The summed E-state index contributed by atoms with van der Waals surface area (Å²) in [5.74, 6) is 1.12. The second kappa shape index (κ2) is 8.18. The Hall–Kier alpha value is -2.97. The molecule has 0 aliphatic heterocycles. The van der Waals surface area contributed by atoms with Crippen molar-refractivity contribution in [3.63, 3.8) is 0 Å². The molecule has 0 saturated carbocycles. The van der Waals surface area contributed by atoms with Gasteiger partial charge in [0.15, 0.2) is 0 Å². The fourth-order valence-corrected chi connectivity index (χ4v) is 5.85. The van der Waals surface area contributed by atoms with Crippen molar-refractivity contribution in [2.75, 3.05) is 0 Å². The average molecular weight is 436 g/mol. The molecule has 0 saturated heterocycles.